The molecule has 0 saturated heterocycles. The summed E-state index contributed by atoms with van der Waals surface area (Å²) in [5, 5.41) is 7.36. The molecule has 3 nitrogen and oxygen atoms in total. The molecule has 2 aromatic rings. The maximum Gasteiger partial charge on any atom is 0.0787 e. The quantitative estimate of drug-likeness (QED) is 0.932. The minimum absolute atomic E-state index is 0.994. The smallest absolute Gasteiger partial charge is 0.0787 e. The molecule has 1 N–H and O–H groups in total. The third-order valence-electron chi connectivity index (χ3n) is 2.43. The predicted octanol–water partition coefficient (Wildman–Crippen LogP) is 2.40. The summed E-state index contributed by atoms with van der Waals surface area (Å²) in [7, 11) is 1.97. The van der Waals surface area contributed by atoms with Crippen LogP contribution in [0.1, 0.15) is 5.56 Å². The largest absolute Gasteiger partial charge is 0.319 e. The Morgan fingerprint density at radius 3 is 2.94 bits per heavy atom. The maximum atomic E-state index is 4.21. The standard InChI is InChI=1S/C12H14BrN3/c1-14-7-5-10-3-4-12(11(13)9-10)16-8-2-6-15-16/h2-4,6,8-9,14H,5,7H2,1H3. The Morgan fingerprint density at radius 2 is 2.31 bits per heavy atom. The highest BCUT2D eigenvalue weighted by molar-refractivity contribution is 9.10. The van der Waals surface area contributed by atoms with Crippen molar-refractivity contribution in [2.24, 2.45) is 0 Å². The van der Waals surface area contributed by atoms with Crippen LogP contribution in [0.2, 0.25) is 0 Å². The van der Waals surface area contributed by atoms with E-state index in [2.05, 4.69) is 44.5 Å². The molecular formula is C12H14BrN3. The van der Waals surface area contributed by atoms with Gasteiger partial charge in [0.1, 0.15) is 0 Å². The predicted molar refractivity (Wildman–Crippen MR) is 68.9 cm³/mol. The van der Waals surface area contributed by atoms with E-state index in [0.29, 0.717) is 0 Å². The molecule has 84 valence electrons. The Bertz CT molecular complexity index is 451. The number of nitrogens with zero attached hydrogens (tertiary/aromatic N) is 2. The zero-order chi connectivity index (χ0) is 11.4. The van der Waals surface area contributed by atoms with E-state index in [4.69, 9.17) is 0 Å². The number of hydrogen-bond acceptors (Lipinski definition) is 2. The van der Waals surface area contributed by atoms with Crippen molar-refractivity contribution < 1.29 is 0 Å². The van der Waals surface area contributed by atoms with E-state index in [1.165, 1.54) is 5.56 Å². The topological polar surface area (TPSA) is 29.9 Å². The van der Waals surface area contributed by atoms with Gasteiger partial charge in [-0.1, -0.05) is 6.07 Å². The van der Waals surface area contributed by atoms with Gasteiger partial charge in [0.25, 0.3) is 0 Å². The van der Waals surface area contributed by atoms with Gasteiger partial charge in [0, 0.05) is 16.9 Å². The first-order valence-corrected chi connectivity index (χ1v) is 6.03. The van der Waals surface area contributed by atoms with Crippen LogP contribution in [0.15, 0.2) is 41.1 Å². The lowest BCUT2D eigenvalue weighted by Crippen LogP contribution is -2.10. The van der Waals surface area contributed by atoms with Gasteiger partial charge >= 0.3 is 0 Å². The SMILES string of the molecule is CNCCc1ccc(-n2cccn2)c(Br)c1. The number of nitrogens with one attached hydrogen (secondary N) is 1. The van der Waals surface area contributed by atoms with Crippen molar-refractivity contribution in [3.8, 4) is 5.69 Å². The fourth-order valence-electron chi connectivity index (χ4n) is 1.57. The summed E-state index contributed by atoms with van der Waals surface area (Å²) >= 11 is 3.58. The van der Waals surface area contributed by atoms with Crippen molar-refractivity contribution in [1.29, 1.82) is 0 Å². The second kappa shape index (κ2) is 5.27. The molecule has 1 aromatic heterocycles. The van der Waals surface area contributed by atoms with Gasteiger partial charge in [-0.15, -0.1) is 0 Å². The van der Waals surface area contributed by atoms with Crippen LogP contribution in [0.3, 0.4) is 0 Å². The van der Waals surface area contributed by atoms with Gasteiger partial charge in [-0.05, 0) is 59.7 Å². The van der Waals surface area contributed by atoms with Crippen LogP contribution in [-0.4, -0.2) is 23.4 Å². The molecule has 1 aromatic carbocycles. The summed E-state index contributed by atoms with van der Waals surface area (Å²) in [5.74, 6) is 0. The van der Waals surface area contributed by atoms with Crippen LogP contribution in [0.5, 0.6) is 0 Å². The summed E-state index contributed by atoms with van der Waals surface area (Å²) in [6.07, 6.45) is 4.75. The lowest BCUT2D eigenvalue weighted by molar-refractivity contribution is 0.790. The van der Waals surface area contributed by atoms with Gasteiger partial charge in [-0.25, -0.2) is 4.68 Å². The second-order valence-electron chi connectivity index (χ2n) is 3.59. The Kier molecular flexibility index (Phi) is 3.74. The molecule has 0 bridgehead atoms. The van der Waals surface area contributed by atoms with Crippen molar-refractivity contribution in [2.75, 3.05) is 13.6 Å². The molecule has 0 radical (unpaired) electrons. The Hall–Kier alpha value is -1.13. The van der Waals surface area contributed by atoms with E-state index < -0.39 is 0 Å². The van der Waals surface area contributed by atoms with Gasteiger partial charge < -0.3 is 5.32 Å². The fraction of sp³-hybridized carbons (Fsp3) is 0.250. The van der Waals surface area contributed by atoms with Gasteiger partial charge in [0.15, 0.2) is 0 Å². The molecule has 0 unspecified atom stereocenters. The molecule has 0 aliphatic carbocycles. The highest BCUT2D eigenvalue weighted by atomic mass is 79.9. The first-order valence-electron chi connectivity index (χ1n) is 5.24. The van der Waals surface area contributed by atoms with Crippen LogP contribution >= 0.6 is 15.9 Å². The number of rotatable bonds is 4. The van der Waals surface area contributed by atoms with Crippen LogP contribution in [0.4, 0.5) is 0 Å². The molecule has 0 atom stereocenters. The average molecular weight is 280 g/mol. The minimum Gasteiger partial charge on any atom is -0.319 e. The van der Waals surface area contributed by atoms with Crippen LogP contribution in [0.25, 0.3) is 5.69 Å². The minimum atomic E-state index is 0.994. The first-order chi connectivity index (χ1) is 7.81. The summed E-state index contributed by atoms with van der Waals surface area (Å²) < 4.78 is 2.93. The van der Waals surface area contributed by atoms with Crippen LogP contribution in [0, 0.1) is 0 Å². The van der Waals surface area contributed by atoms with E-state index in [0.717, 1.165) is 23.1 Å². The number of benzene rings is 1. The van der Waals surface area contributed by atoms with Crippen molar-refractivity contribution >= 4 is 15.9 Å². The van der Waals surface area contributed by atoms with E-state index in [1.807, 2.05) is 24.0 Å². The van der Waals surface area contributed by atoms with Gasteiger partial charge in [0.2, 0.25) is 0 Å². The van der Waals surface area contributed by atoms with E-state index in [9.17, 15) is 0 Å². The lowest BCUT2D eigenvalue weighted by Gasteiger charge is -2.07. The summed E-state index contributed by atoms with van der Waals surface area (Å²) in [6.45, 7) is 0.994. The third-order valence-corrected chi connectivity index (χ3v) is 3.06. The number of aromatic nitrogens is 2. The molecule has 0 fully saturated rings. The average Bonchev–Trinajstić information content (AvgIpc) is 2.80. The molecule has 16 heavy (non-hydrogen) atoms. The van der Waals surface area contributed by atoms with Crippen molar-refractivity contribution in [2.45, 2.75) is 6.42 Å². The van der Waals surface area contributed by atoms with E-state index in [1.54, 1.807) is 6.20 Å². The van der Waals surface area contributed by atoms with Gasteiger partial charge in [-0.2, -0.15) is 5.10 Å². The second-order valence-corrected chi connectivity index (χ2v) is 4.44. The molecule has 4 heteroatoms. The van der Waals surface area contributed by atoms with Crippen LogP contribution < -0.4 is 5.32 Å². The maximum absolute atomic E-state index is 4.21. The lowest BCUT2D eigenvalue weighted by atomic mass is 10.1. The molecular weight excluding hydrogens is 266 g/mol. The molecule has 0 spiro atoms. The molecule has 0 amide bonds. The Balaban J connectivity index is 2.23. The van der Waals surface area contributed by atoms with Crippen LogP contribution in [-0.2, 0) is 6.42 Å². The Labute approximate surface area is 104 Å². The van der Waals surface area contributed by atoms with E-state index in [-0.39, 0.29) is 0 Å². The first kappa shape index (κ1) is 11.4. The van der Waals surface area contributed by atoms with E-state index >= 15 is 0 Å². The highest BCUT2D eigenvalue weighted by Crippen LogP contribution is 2.21. The number of likely N-dealkylation sites (N-methyl/N-ethyl adjacent to an activating group) is 1. The van der Waals surface area contributed by atoms with Crippen molar-refractivity contribution in [3.63, 3.8) is 0 Å². The third kappa shape index (κ3) is 2.51. The number of hydrogen-bond donors (Lipinski definition) is 1. The zero-order valence-corrected chi connectivity index (χ0v) is 10.7. The molecule has 0 aliphatic heterocycles. The zero-order valence-electron chi connectivity index (χ0n) is 9.15. The molecule has 0 saturated carbocycles. The Morgan fingerprint density at radius 1 is 1.44 bits per heavy atom. The highest BCUT2D eigenvalue weighted by Gasteiger charge is 2.03. The monoisotopic (exact) mass is 279 g/mol. The normalized spacial score (nSPS) is 10.6. The fourth-order valence-corrected chi connectivity index (χ4v) is 2.18. The van der Waals surface area contributed by atoms with Gasteiger partial charge in [-0.3, -0.25) is 0 Å². The summed E-state index contributed by atoms with van der Waals surface area (Å²) in [5.41, 5.74) is 2.38. The summed E-state index contributed by atoms with van der Waals surface area (Å²) in [6, 6.07) is 8.29. The summed E-state index contributed by atoms with van der Waals surface area (Å²) in [4.78, 5) is 0. The van der Waals surface area contributed by atoms with Crippen molar-refractivity contribution in [1.82, 2.24) is 15.1 Å². The molecule has 2 rings (SSSR count). The van der Waals surface area contributed by atoms with Gasteiger partial charge in [0.05, 0.1) is 5.69 Å². The molecule has 1 heterocycles. The molecule has 0 aliphatic rings. The number of halogens is 1. The van der Waals surface area contributed by atoms with Crippen molar-refractivity contribution in [3.05, 3.63) is 46.7 Å².